The lowest BCUT2D eigenvalue weighted by Crippen LogP contribution is -2.34. The normalized spacial score (nSPS) is 15.2. The summed E-state index contributed by atoms with van der Waals surface area (Å²) in [5, 5.41) is 7.99. The Kier molecular flexibility index (Phi) is 2.19. The van der Waals surface area contributed by atoms with Crippen LogP contribution in [0.15, 0.2) is 0 Å². The number of hydrogen-bond acceptors (Lipinski definition) is 2. The highest BCUT2D eigenvalue weighted by Crippen LogP contribution is 2.19. The predicted octanol–water partition coefficient (Wildman–Crippen LogP) is 0.499. The SMILES string of the molecule is CC(=O)C(O)C(F)(F)F. The van der Waals surface area contributed by atoms with Crippen LogP contribution in [0.5, 0.6) is 0 Å². The molecule has 1 atom stereocenters. The lowest BCUT2D eigenvalue weighted by molar-refractivity contribution is -0.202. The van der Waals surface area contributed by atoms with Gasteiger partial charge in [-0.05, 0) is 6.92 Å². The third kappa shape index (κ3) is 2.46. The van der Waals surface area contributed by atoms with Crippen LogP contribution < -0.4 is 0 Å². The Bertz CT molecular complexity index is 117. The van der Waals surface area contributed by atoms with Crippen molar-refractivity contribution in [1.82, 2.24) is 0 Å². The minimum atomic E-state index is -4.81. The fraction of sp³-hybridized carbons (Fsp3) is 0.750. The van der Waals surface area contributed by atoms with E-state index < -0.39 is 18.1 Å². The number of Topliss-reactive ketones (excluding diaryl/α,β-unsaturated/α-hetero) is 1. The highest BCUT2D eigenvalue weighted by atomic mass is 19.4. The number of halogens is 3. The van der Waals surface area contributed by atoms with E-state index in [0.29, 0.717) is 6.92 Å². The van der Waals surface area contributed by atoms with Crippen molar-refractivity contribution in [3.63, 3.8) is 0 Å². The molecule has 0 aliphatic heterocycles. The van der Waals surface area contributed by atoms with Gasteiger partial charge < -0.3 is 5.11 Å². The van der Waals surface area contributed by atoms with Crippen molar-refractivity contribution >= 4 is 5.78 Å². The largest absolute Gasteiger partial charge is 0.421 e. The zero-order chi connectivity index (χ0) is 7.65. The molecule has 0 rings (SSSR count). The molecule has 0 fully saturated rings. The standard InChI is InChI=1S/C4H5F3O2/c1-2(8)3(9)4(5,6)7/h3,9H,1H3. The van der Waals surface area contributed by atoms with Crippen LogP contribution >= 0.6 is 0 Å². The monoisotopic (exact) mass is 142 g/mol. The molecule has 1 N–H and O–H groups in total. The molecule has 0 amide bonds. The van der Waals surface area contributed by atoms with E-state index in [1.165, 1.54) is 0 Å². The molecule has 0 saturated heterocycles. The molecular weight excluding hydrogens is 137 g/mol. The van der Waals surface area contributed by atoms with Crippen molar-refractivity contribution in [3.8, 4) is 0 Å². The average Bonchev–Trinajstić information content (AvgIpc) is 1.62. The van der Waals surface area contributed by atoms with Crippen LogP contribution in [0, 0.1) is 0 Å². The van der Waals surface area contributed by atoms with E-state index in [4.69, 9.17) is 5.11 Å². The Morgan fingerprint density at radius 3 is 1.89 bits per heavy atom. The molecule has 2 nitrogen and oxygen atoms in total. The van der Waals surface area contributed by atoms with Gasteiger partial charge in [0.1, 0.15) is 0 Å². The Labute approximate surface area is 49.3 Å². The first kappa shape index (κ1) is 8.42. The van der Waals surface area contributed by atoms with Crippen LogP contribution in [0.4, 0.5) is 13.2 Å². The van der Waals surface area contributed by atoms with Gasteiger partial charge in [0, 0.05) is 0 Å². The van der Waals surface area contributed by atoms with Crippen molar-refractivity contribution in [3.05, 3.63) is 0 Å². The summed E-state index contributed by atoms with van der Waals surface area (Å²) in [7, 11) is 0. The minimum absolute atomic E-state index is 0.679. The number of carbonyl (C=O) groups excluding carboxylic acids is 1. The van der Waals surface area contributed by atoms with Crippen molar-refractivity contribution in [1.29, 1.82) is 0 Å². The fourth-order valence-corrected chi connectivity index (χ4v) is 0.230. The van der Waals surface area contributed by atoms with E-state index in [-0.39, 0.29) is 0 Å². The third-order valence-corrected chi connectivity index (χ3v) is 0.695. The highest BCUT2D eigenvalue weighted by Gasteiger charge is 2.41. The zero-order valence-electron chi connectivity index (χ0n) is 4.57. The Morgan fingerprint density at radius 1 is 1.56 bits per heavy atom. The summed E-state index contributed by atoms with van der Waals surface area (Å²) in [5.74, 6) is -1.29. The molecule has 5 heteroatoms. The lowest BCUT2D eigenvalue weighted by Gasteiger charge is -2.09. The van der Waals surface area contributed by atoms with E-state index in [1.54, 1.807) is 0 Å². The van der Waals surface area contributed by atoms with Gasteiger partial charge in [0.2, 0.25) is 6.10 Å². The molecule has 0 aliphatic rings. The van der Waals surface area contributed by atoms with Gasteiger partial charge in [0.05, 0.1) is 0 Å². The minimum Gasteiger partial charge on any atom is -0.377 e. The average molecular weight is 142 g/mol. The summed E-state index contributed by atoms with van der Waals surface area (Å²) < 4.78 is 33.7. The Hall–Kier alpha value is -0.580. The summed E-state index contributed by atoms with van der Waals surface area (Å²) in [5.41, 5.74) is 0. The Morgan fingerprint density at radius 2 is 1.89 bits per heavy atom. The molecule has 1 unspecified atom stereocenters. The van der Waals surface area contributed by atoms with Gasteiger partial charge in [-0.3, -0.25) is 4.79 Å². The second-order valence-electron chi connectivity index (χ2n) is 1.55. The van der Waals surface area contributed by atoms with Gasteiger partial charge in [-0.25, -0.2) is 0 Å². The number of ketones is 1. The van der Waals surface area contributed by atoms with Crippen molar-refractivity contribution in [2.24, 2.45) is 0 Å². The molecule has 0 aromatic carbocycles. The number of hydrogen-bond donors (Lipinski definition) is 1. The molecular formula is C4H5F3O2. The third-order valence-electron chi connectivity index (χ3n) is 0.695. The summed E-state index contributed by atoms with van der Waals surface area (Å²) in [6.07, 6.45) is -7.64. The summed E-state index contributed by atoms with van der Waals surface area (Å²) in [6, 6.07) is 0. The van der Waals surface area contributed by atoms with E-state index >= 15 is 0 Å². The zero-order valence-corrected chi connectivity index (χ0v) is 4.57. The van der Waals surface area contributed by atoms with Gasteiger partial charge in [0.15, 0.2) is 5.78 Å². The maximum Gasteiger partial charge on any atom is 0.421 e. The van der Waals surface area contributed by atoms with Crippen LogP contribution in [0.25, 0.3) is 0 Å². The maximum atomic E-state index is 11.2. The number of carbonyl (C=O) groups is 1. The van der Waals surface area contributed by atoms with Crippen LogP contribution in [0.2, 0.25) is 0 Å². The van der Waals surface area contributed by atoms with Crippen LogP contribution in [-0.2, 0) is 4.79 Å². The molecule has 0 aromatic rings. The van der Waals surface area contributed by atoms with Gasteiger partial charge in [-0.2, -0.15) is 13.2 Å². The molecule has 0 heterocycles. The Balaban J connectivity index is 4.04. The second kappa shape index (κ2) is 2.34. The maximum absolute atomic E-state index is 11.2. The molecule has 9 heavy (non-hydrogen) atoms. The van der Waals surface area contributed by atoms with Crippen LogP contribution in [0.3, 0.4) is 0 Å². The van der Waals surface area contributed by atoms with E-state index in [2.05, 4.69) is 0 Å². The van der Waals surface area contributed by atoms with Gasteiger partial charge in [-0.1, -0.05) is 0 Å². The van der Waals surface area contributed by atoms with E-state index in [0.717, 1.165) is 0 Å². The number of alkyl halides is 3. The van der Waals surface area contributed by atoms with Gasteiger partial charge in [-0.15, -0.1) is 0 Å². The molecule has 0 radical (unpaired) electrons. The lowest BCUT2D eigenvalue weighted by atomic mass is 10.2. The highest BCUT2D eigenvalue weighted by molar-refractivity contribution is 5.80. The van der Waals surface area contributed by atoms with E-state index in [1.807, 2.05) is 0 Å². The molecule has 0 saturated carbocycles. The molecule has 54 valence electrons. The topological polar surface area (TPSA) is 37.3 Å². The quantitative estimate of drug-likeness (QED) is 0.578. The molecule has 0 spiro atoms. The van der Waals surface area contributed by atoms with Gasteiger partial charge in [0.25, 0.3) is 0 Å². The number of aliphatic hydroxyl groups is 1. The molecule has 0 bridgehead atoms. The number of rotatable bonds is 1. The second-order valence-corrected chi connectivity index (χ2v) is 1.55. The van der Waals surface area contributed by atoms with Crippen LogP contribution in [0.1, 0.15) is 6.92 Å². The summed E-state index contributed by atoms with van der Waals surface area (Å²) in [6.45, 7) is 0.679. The smallest absolute Gasteiger partial charge is 0.377 e. The first-order valence-corrected chi connectivity index (χ1v) is 2.11. The first-order valence-electron chi connectivity index (χ1n) is 2.11. The van der Waals surface area contributed by atoms with Crippen molar-refractivity contribution < 1.29 is 23.1 Å². The van der Waals surface area contributed by atoms with E-state index in [9.17, 15) is 18.0 Å². The molecule has 0 aromatic heterocycles. The summed E-state index contributed by atoms with van der Waals surface area (Å²) >= 11 is 0. The van der Waals surface area contributed by atoms with Crippen LogP contribution in [-0.4, -0.2) is 23.2 Å². The van der Waals surface area contributed by atoms with Gasteiger partial charge >= 0.3 is 6.18 Å². The fourth-order valence-electron chi connectivity index (χ4n) is 0.230. The van der Waals surface area contributed by atoms with Crippen molar-refractivity contribution in [2.75, 3.05) is 0 Å². The molecule has 0 aliphatic carbocycles. The summed E-state index contributed by atoms with van der Waals surface area (Å²) in [4.78, 5) is 9.82. The van der Waals surface area contributed by atoms with Crippen molar-refractivity contribution in [2.45, 2.75) is 19.2 Å². The first-order chi connectivity index (χ1) is 3.85. The number of aliphatic hydroxyl groups excluding tert-OH is 1. The predicted molar refractivity (Wildman–Crippen MR) is 22.7 cm³/mol.